The summed E-state index contributed by atoms with van der Waals surface area (Å²) in [7, 11) is 0. The van der Waals surface area contributed by atoms with Gasteiger partial charge >= 0.3 is 6.18 Å². The summed E-state index contributed by atoms with van der Waals surface area (Å²) in [5.41, 5.74) is 0.954. The molecule has 0 saturated carbocycles. The molecule has 1 atom stereocenters. The van der Waals surface area contributed by atoms with E-state index in [1.165, 1.54) is 18.2 Å². The lowest BCUT2D eigenvalue weighted by Crippen LogP contribution is -2.28. The minimum atomic E-state index is -4.48. The second kappa shape index (κ2) is 10.8. The normalized spacial score (nSPS) is 12.2. The number of hydrogen-bond acceptors (Lipinski definition) is 5. The lowest BCUT2D eigenvalue weighted by atomic mass is 10.1. The van der Waals surface area contributed by atoms with Gasteiger partial charge in [-0.3, -0.25) is 9.59 Å². The number of carbonyl (C=O) groups is 2. The van der Waals surface area contributed by atoms with E-state index in [9.17, 15) is 22.8 Å². The molecule has 1 heterocycles. The maximum absolute atomic E-state index is 12.9. The fourth-order valence-corrected chi connectivity index (χ4v) is 2.61. The summed E-state index contributed by atoms with van der Waals surface area (Å²) in [6.07, 6.45) is -4.48. The lowest BCUT2D eigenvalue weighted by molar-refractivity contribution is -0.154. The van der Waals surface area contributed by atoms with Crippen molar-refractivity contribution in [2.24, 2.45) is 5.92 Å². The molecule has 0 bridgehead atoms. The summed E-state index contributed by atoms with van der Waals surface area (Å²) < 4.78 is 47.3. The first-order chi connectivity index (χ1) is 15.0. The zero-order valence-corrected chi connectivity index (χ0v) is 18.2. The van der Waals surface area contributed by atoms with Crippen LogP contribution < -0.4 is 20.1 Å². The van der Waals surface area contributed by atoms with E-state index in [-0.39, 0.29) is 23.3 Å². The molecule has 2 rings (SSSR count). The Morgan fingerprint density at radius 3 is 2.44 bits per heavy atom. The highest BCUT2D eigenvalue weighted by atomic mass is 19.4. The van der Waals surface area contributed by atoms with Crippen LogP contribution in [0.2, 0.25) is 0 Å². The number of halogens is 3. The van der Waals surface area contributed by atoms with Crippen molar-refractivity contribution in [3.8, 4) is 11.6 Å². The summed E-state index contributed by atoms with van der Waals surface area (Å²) in [4.78, 5) is 28.9. The van der Waals surface area contributed by atoms with Crippen molar-refractivity contribution in [1.82, 2.24) is 10.3 Å². The number of hydrogen-bond donors (Lipinski definition) is 2. The number of nitrogens with one attached hydrogen (secondary N) is 2. The number of ether oxygens (including phenoxy) is 2. The van der Waals surface area contributed by atoms with Gasteiger partial charge in [-0.1, -0.05) is 19.9 Å². The van der Waals surface area contributed by atoms with Gasteiger partial charge in [0.15, 0.2) is 6.61 Å². The summed E-state index contributed by atoms with van der Waals surface area (Å²) in [6, 6.07) is 8.44. The van der Waals surface area contributed by atoms with E-state index in [4.69, 9.17) is 4.74 Å². The van der Waals surface area contributed by atoms with Crippen LogP contribution in [0.1, 0.15) is 49.8 Å². The second-order valence-electron chi connectivity index (χ2n) is 7.29. The van der Waals surface area contributed by atoms with Crippen molar-refractivity contribution in [1.29, 1.82) is 0 Å². The Morgan fingerprint density at radius 2 is 1.81 bits per heavy atom. The minimum Gasteiger partial charge on any atom is -0.493 e. The van der Waals surface area contributed by atoms with Gasteiger partial charge in [0.2, 0.25) is 11.8 Å². The molecule has 1 aromatic heterocycles. The standard InChI is InChI=1S/C22H26F3N3O4/c1-5-31-18-10-9-15(27-20(29)13(2)3)11-16(18)21(30)26-14(4)17-7-6-8-19(28-17)32-12-22(23,24)25/h6-11,13-14H,5,12H2,1-4H3,(H,26,30)(H,27,29). The summed E-state index contributed by atoms with van der Waals surface area (Å²) >= 11 is 0. The fourth-order valence-electron chi connectivity index (χ4n) is 2.61. The third kappa shape index (κ3) is 7.44. The van der Waals surface area contributed by atoms with Crippen LogP contribution in [0, 0.1) is 5.92 Å². The van der Waals surface area contributed by atoms with Crippen molar-refractivity contribution < 1.29 is 32.2 Å². The third-order valence-electron chi connectivity index (χ3n) is 4.24. The first kappa shape index (κ1) is 25.0. The molecule has 0 spiro atoms. The number of rotatable bonds is 9. The van der Waals surface area contributed by atoms with Crippen LogP contribution in [0.25, 0.3) is 0 Å². The molecule has 2 amide bonds. The Labute approximate surface area is 184 Å². The topological polar surface area (TPSA) is 89.5 Å². The Balaban J connectivity index is 2.19. The van der Waals surface area contributed by atoms with Crippen LogP contribution in [0.3, 0.4) is 0 Å². The van der Waals surface area contributed by atoms with Gasteiger partial charge in [0.05, 0.1) is 23.9 Å². The van der Waals surface area contributed by atoms with Gasteiger partial charge in [0.25, 0.3) is 5.91 Å². The smallest absolute Gasteiger partial charge is 0.422 e. The van der Waals surface area contributed by atoms with Crippen LogP contribution in [0.4, 0.5) is 18.9 Å². The number of amides is 2. The van der Waals surface area contributed by atoms with Gasteiger partial charge in [-0.15, -0.1) is 0 Å². The molecule has 0 aliphatic rings. The Morgan fingerprint density at radius 1 is 1.09 bits per heavy atom. The number of anilines is 1. The van der Waals surface area contributed by atoms with Crippen LogP contribution in [0.15, 0.2) is 36.4 Å². The molecular formula is C22H26F3N3O4. The van der Waals surface area contributed by atoms with E-state index in [2.05, 4.69) is 20.4 Å². The van der Waals surface area contributed by atoms with Crippen molar-refractivity contribution in [3.05, 3.63) is 47.7 Å². The average Bonchev–Trinajstić information content (AvgIpc) is 2.73. The van der Waals surface area contributed by atoms with Gasteiger partial charge in [-0.05, 0) is 38.1 Å². The molecular weight excluding hydrogens is 427 g/mol. The zero-order valence-electron chi connectivity index (χ0n) is 18.2. The molecule has 2 N–H and O–H groups in total. The number of benzene rings is 1. The van der Waals surface area contributed by atoms with Crippen LogP contribution >= 0.6 is 0 Å². The van der Waals surface area contributed by atoms with Gasteiger partial charge in [-0.2, -0.15) is 13.2 Å². The molecule has 174 valence electrons. The van der Waals surface area contributed by atoms with Crippen molar-refractivity contribution in [2.45, 2.75) is 39.9 Å². The Kier molecular flexibility index (Phi) is 8.45. The maximum Gasteiger partial charge on any atom is 0.422 e. The molecule has 2 aromatic rings. The van der Waals surface area contributed by atoms with Gasteiger partial charge < -0.3 is 20.1 Å². The predicted octanol–water partition coefficient (Wildman–Crippen LogP) is 4.51. The highest BCUT2D eigenvalue weighted by Crippen LogP contribution is 2.25. The van der Waals surface area contributed by atoms with Crippen molar-refractivity contribution in [2.75, 3.05) is 18.5 Å². The van der Waals surface area contributed by atoms with E-state index in [1.807, 2.05) is 0 Å². The SMILES string of the molecule is CCOc1ccc(NC(=O)C(C)C)cc1C(=O)NC(C)c1cccc(OCC(F)(F)F)n1. The van der Waals surface area contributed by atoms with Crippen LogP contribution in [0.5, 0.6) is 11.6 Å². The minimum absolute atomic E-state index is 0.199. The monoisotopic (exact) mass is 453 g/mol. The summed E-state index contributed by atoms with van der Waals surface area (Å²) in [5, 5.41) is 5.47. The molecule has 7 nitrogen and oxygen atoms in total. The van der Waals surface area contributed by atoms with Crippen molar-refractivity contribution >= 4 is 17.5 Å². The molecule has 1 aromatic carbocycles. The second-order valence-corrected chi connectivity index (χ2v) is 7.29. The Bertz CT molecular complexity index is 948. The molecule has 32 heavy (non-hydrogen) atoms. The number of alkyl halides is 3. The van der Waals surface area contributed by atoms with Gasteiger partial charge in [0.1, 0.15) is 5.75 Å². The molecule has 0 aliphatic heterocycles. The van der Waals surface area contributed by atoms with Crippen LogP contribution in [-0.2, 0) is 4.79 Å². The summed E-state index contributed by atoms with van der Waals surface area (Å²) in [6.45, 7) is 5.77. The molecule has 0 fully saturated rings. The van der Waals surface area contributed by atoms with E-state index < -0.39 is 24.7 Å². The molecule has 0 radical (unpaired) electrons. The largest absolute Gasteiger partial charge is 0.493 e. The average molecular weight is 453 g/mol. The van der Waals surface area contributed by atoms with Crippen molar-refractivity contribution in [3.63, 3.8) is 0 Å². The number of nitrogens with zero attached hydrogens (tertiary/aromatic N) is 1. The highest BCUT2D eigenvalue weighted by molar-refractivity contribution is 6.00. The highest BCUT2D eigenvalue weighted by Gasteiger charge is 2.28. The maximum atomic E-state index is 12.9. The van der Waals surface area contributed by atoms with E-state index >= 15 is 0 Å². The molecule has 10 heteroatoms. The number of aromatic nitrogens is 1. The third-order valence-corrected chi connectivity index (χ3v) is 4.24. The van der Waals surface area contributed by atoms with E-state index in [0.29, 0.717) is 23.7 Å². The summed E-state index contributed by atoms with van der Waals surface area (Å²) in [5.74, 6) is -0.806. The zero-order chi connectivity index (χ0) is 23.9. The molecule has 0 aliphatic carbocycles. The first-order valence-electron chi connectivity index (χ1n) is 10.0. The van der Waals surface area contributed by atoms with E-state index in [1.54, 1.807) is 45.9 Å². The van der Waals surface area contributed by atoms with Gasteiger partial charge in [0, 0.05) is 17.7 Å². The van der Waals surface area contributed by atoms with E-state index in [0.717, 1.165) is 0 Å². The van der Waals surface area contributed by atoms with Crippen LogP contribution in [-0.4, -0.2) is 36.2 Å². The van der Waals surface area contributed by atoms with Gasteiger partial charge in [-0.25, -0.2) is 4.98 Å². The lowest BCUT2D eigenvalue weighted by Gasteiger charge is -2.17. The molecule has 0 saturated heterocycles. The first-order valence-corrected chi connectivity index (χ1v) is 10.0. The Hall–Kier alpha value is -3.30. The quantitative estimate of drug-likeness (QED) is 0.583. The predicted molar refractivity (Wildman–Crippen MR) is 113 cm³/mol. The fraction of sp³-hybridized carbons (Fsp3) is 0.409. The number of carbonyl (C=O) groups excluding carboxylic acids is 2. The number of pyridine rings is 1. The molecule has 1 unspecified atom stereocenters.